The van der Waals surface area contributed by atoms with E-state index in [2.05, 4.69) is 10.6 Å². The molecule has 0 bridgehead atoms. The highest BCUT2D eigenvalue weighted by Crippen LogP contribution is 1.96. The molecule has 94 valence electrons. The quantitative estimate of drug-likeness (QED) is 0.721. The lowest BCUT2D eigenvalue weighted by molar-refractivity contribution is -0.120. The third kappa shape index (κ3) is 6.71. The van der Waals surface area contributed by atoms with Gasteiger partial charge in [0.15, 0.2) is 0 Å². The van der Waals surface area contributed by atoms with Crippen molar-refractivity contribution in [3.63, 3.8) is 0 Å². The Morgan fingerprint density at radius 2 is 1.94 bits per heavy atom. The van der Waals surface area contributed by atoms with Crippen LogP contribution >= 0.6 is 0 Å². The molecule has 0 atom stereocenters. The number of carbonyl (C=O) groups is 1. The molecule has 1 amide bonds. The van der Waals surface area contributed by atoms with Crippen LogP contribution in [0.25, 0.3) is 0 Å². The Bertz CT molecular complexity index is 325. The predicted molar refractivity (Wildman–Crippen MR) is 69.7 cm³/mol. The molecule has 0 saturated carbocycles. The van der Waals surface area contributed by atoms with Crippen molar-refractivity contribution >= 4 is 5.91 Å². The number of nitrogens with zero attached hydrogens (tertiary/aromatic N) is 1. The van der Waals surface area contributed by atoms with E-state index in [1.54, 1.807) is 0 Å². The van der Waals surface area contributed by atoms with Gasteiger partial charge in [0, 0.05) is 19.6 Å². The highest BCUT2D eigenvalue weighted by atomic mass is 16.1. The molecule has 2 N–H and O–H groups in total. The zero-order chi connectivity index (χ0) is 12.5. The number of hydrogen-bond donors (Lipinski definition) is 2. The first-order chi connectivity index (χ1) is 8.18. The summed E-state index contributed by atoms with van der Waals surface area (Å²) in [6, 6.07) is 10.0. The first-order valence-corrected chi connectivity index (χ1v) is 5.84. The molecule has 4 nitrogen and oxygen atoms in total. The Kier molecular flexibility index (Phi) is 6.29. The summed E-state index contributed by atoms with van der Waals surface area (Å²) in [6.45, 7) is 2.65. The summed E-state index contributed by atoms with van der Waals surface area (Å²) in [4.78, 5) is 13.5. The highest BCUT2D eigenvalue weighted by Gasteiger charge is 2.00. The molecule has 4 heteroatoms. The lowest BCUT2D eigenvalue weighted by Gasteiger charge is -2.10. The Hall–Kier alpha value is -1.39. The second kappa shape index (κ2) is 7.81. The third-order valence-corrected chi connectivity index (χ3v) is 2.34. The van der Waals surface area contributed by atoms with Gasteiger partial charge in [0.2, 0.25) is 5.91 Å². The summed E-state index contributed by atoms with van der Waals surface area (Å²) in [6.07, 6.45) is 0. The minimum absolute atomic E-state index is 0.0442. The van der Waals surface area contributed by atoms with Crippen molar-refractivity contribution in [1.29, 1.82) is 0 Å². The van der Waals surface area contributed by atoms with E-state index in [1.165, 1.54) is 5.56 Å². The fourth-order valence-corrected chi connectivity index (χ4v) is 1.40. The first kappa shape index (κ1) is 13.7. The molecular weight excluding hydrogens is 214 g/mol. The van der Waals surface area contributed by atoms with Crippen molar-refractivity contribution in [3.05, 3.63) is 35.9 Å². The molecule has 0 saturated heterocycles. The maximum Gasteiger partial charge on any atom is 0.234 e. The molecule has 0 spiro atoms. The average molecular weight is 235 g/mol. The maximum atomic E-state index is 11.4. The van der Waals surface area contributed by atoms with Crippen LogP contribution < -0.4 is 10.6 Å². The van der Waals surface area contributed by atoms with Crippen LogP contribution in [0.1, 0.15) is 5.56 Å². The minimum Gasteiger partial charge on any atom is -0.354 e. The standard InChI is InChI=1S/C13H21N3O/c1-16(2)9-8-15-13(17)11-14-10-12-6-4-3-5-7-12/h3-7,14H,8-11H2,1-2H3,(H,15,17). The van der Waals surface area contributed by atoms with Crippen LogP contribution in [0.4, 0.5) is 0 Å². The van der Waals surface area contributed by atoms with Crippen LogP contribution in [0, 0.1) is 0 Å². The lowest BCUT2D eigenvalue weighted by atomic mass is 10.2. The maximum absolute atomic E-state index is 11.4. The molecule has 0 fully saturated rings. The van der Waals surface area contributed by atoms with E-state index >= 15 is 0 Å². The van der Waals surface area contributed by atoms with Crippen LogP contribution in [0.5, 0.6) is 0 Å². The van der Waals surface area contributed by atoms with E-state index in [4.69, 9.17) is 0 Å². The molecule has 0 aliphatic rings. The normalized spacial score (nSPS) is 10.5. The topological polar surface area (TPSA) is 44.4 Å². The summed E-state index contributed by atoms with van der Waals surface area (Å²) in [5, 5.41) is 5.97. The summed E-state index contributed by atoms with van der Waals surface area (Å²) >= 11 is 0. The van der Waals surface area contributed by atoms with Crippen LogP contribution in [0.15, 0.2) is 30.3 Å². The smallest absolute Gasteiger partial charge is 0.234 e. The lowest BCUT2D eigenvalue weighted by Crippen LogP contribution is -2.37. The van der Waals surface area contributed by atoms with Crippen molar-refractivity contribution in [2.45, 2.75) is 6.54 Å². The van der Waals surface area contributed by atoms with Gasteiger partial charge in [0.25, 0.3) is 0 Å². The number of hydrogen-bond acceptors (Lipinski definition) is 3. The molecule has 0 aliphatic heterocycles. The molecule has 1 rings (SSSR count). The summed E-state index contributed by atoms with van der Waals surface area (Å²) in [5.41, 5.74) is 1.19. The summed E-state index contributed by atoms with van der Waals surface area (Å²) in [7, 11) is 3.97. The largest absolute Gasteiger partial charge is 0.354 e. The Morgan fingerprint density at radius 1 is 1.24 bits per heavy atom. The third-order valence-electron chi connectivity index (χ3n) is 2.34. The SMILES string of the molecule is CN(C)CCNC(=O)CNCc1ccccc1. The van der Waals surface area contributed by atoms with Gasteiger partial charge in [0.05, 0.1) is 6.54 Å². The highest BCUT2D eigenvalue weighted by molar-refractivity contribution is 5.77. The fourth-order valence-electron chi connectivity index (χ4n) is 1.40. The van der Waals surface area contributed by atoms with Crippen molar-refractivity contribution in [3.8, 4) is 0 Å². The second-order valence-corrected chi connectivity index (χ2v) is 4.24. The van der Waals surface area contributed by atoms with Crippen molar-refractivity contribution in [1.82, 2.24) is 15.5 Å². The number of benzene rings is 1. The molecule has 1 aromatic rings. The van der Waals surface area contributed by atoms with Crippen molar-refractivity contribution in [2.24, 2.45) is 0 Å². The van der Waals surface area contributed by atoms with E-state index in [9.17, 15) is 4.79 Å². The Morgan fingerprint density at radius 3 is 2.59 bits per heavy atom. The summed E-state index contributed by atoms with van der Waals surface area (Å²) in [5.74, 6) is 0.0442. The second-order valence-electron chi connectivity index (χ2n) is 4.24. The molecule has 0 aromatic heterocycles. The number of amides is 1. The molecule has 17 heavy (non-hydrogen) atoms. The van der Waals surface area contributed by atoms with Crippen molar-refractivity contribution < 1.29 is 4.79 Å². The number of likely N-dealkylation sites (N-methyl/N-ethyl adjacent to an activating group) is 1. The molecule has 0 unspecified atom stereocenters. The Labute approximate surface area is 103 Å². The van der Waals surface area contributed by atoms with E-state index < -0.39 is 0 Å². The number of rotatable bonds is 7. The van der Waals surface area contributed by atoms with Gasteiger partial charge in [-0.15, -0.1) is 0 Å². The first-order valence-electron chi connectivity index (χ1n) is 5.84. The van der Waals surface area contributed by atoms with E-state index in [-0.39, 0.29) is 5.91 Å². The summed E-state index contributed by atoms with van der Waals surface area (Å²) < 4.78 is 0. The van der Waals surface area contributed by atoms with Crippen LogP contribution in [0.3, 0.4) is 0 Å². The zero-order valence-corrected chi connectivity index (χ0v) is 10.6. The predicted octanol–water partition coefficient (Wildman–Crippen LogP) is 0.454. The molecule has 1 aromatic carbocycles. The van der Waals surface area contributed by atoms with Crippen LogP contribution in [-0.2, 0) is 11.3 Å². The molecular formula is C13H21N3O. The van der Waals surface area contributed by atoms with E-state index in [0.717, 1.165) is 13.1 Å². The molecule has 0 radical (unpaired) electrons. The van der Waals surface area contributed by atoms with Gasteiger partial charge in [-0.25, -0.2) is 0 Å². The van der Waals surface area contributed by atoms with Gasteiger partial charge >= 0.3 is 0 Å². The van der Waals surface area contributed by atoms with Crippen LogP contribution in [0.2, 0.25) is 0 Å². The van der Waals surface area contributed by atoms with E-state index in [1.807, 2.05) is 49.3 Å². The number of carbonyl (C=O) groups excluding carboxylic acids is 1. The molecule has 0 aliphatic carbocycles. The monoisotopic (exact) mass is 235 g/mol. The molecule has 0 heterocycles. The Balaban J connectivity index is 2.08. The van der Waals surface area contributed by atoms with Gasteiger partial charge in [0.1, 0.15) is 0 Å². The number of nitrogens with one attached hydrogen (secondary N) is 2. The fraction of sp³-hybridized carbons (Fsp3) is 0.462. The van der Waals surface area contributed by atoms with Gasteiger partial charge < -0.3 is 15.5 Å². The van der Waals surface area contributed by atoms with E-state index in [0.29, 0.717) is 13.1 Å². The van der Waals surface area contributed by atoms with Gasteiger partial charge in [-0.1, -0.05) is 30.3 Å². The van der Waals surface area contributed by atoms with Gasteiger partial charge in [-0.05, 0) is 19.7 Å². The van der Waals surface area contributed by atoms with Crippen LogP contribution in [-0.4, -0.2) is 44.5 Å². The van der Waals surface area contributed by atoms with Gasteiger partial charge in [-0.3, -0.25) is 4.79 Å². The minimum atomic E-state index is 0.0442. The average Bonchev–Trinajstić information content (AvgIpc) is 2.30. The zero-order valence-electron chi connectivity index (χ0n) is 10.6. The van der Waals surface area contributed by atoms with Gasteiger partial charge in [-0.2, -0.15) is 0 Å². The van der Waals surface area contributed by atoms with Crippen molar-refractivity contribution in [2.75, 3.05) is 33.7 Å².